The fourth-order valence-corrected chi connectivity index (χ4v) is 3.92. The molecule has 0 atom stereocenters. The Balaban J connectivity index is 1.41. The Hall–Kier alpha value is -1.79. The van der Waals surface area contributed by atoms with Crippen LogP contribution < -0.4 is 0 Å². The van der Waals surface area contributed by atoms with E-state index < -0.39 is 0 Å². The van der Waals surface area contributed by atoms with Gasteiger partial charge in [-0.25, -0.2) is 9.97 Å². The quantitative estimate of drug-likeness (QED) is 0.837. The van der Waals surface area contributed by atoms with Crippen molar-refractivity contribution in [1.29, 1.82) is 0 Å². The van der Waals surface area contributed by atoms with E-state index in [0.717, 1.165) is 50.4 Å². The van der Waals surface area contributed by atoms with Gasteiger partial charge in [-0.05, 0) is 54.1 Å². The molecular formula is C18H22N4OS. The largest absolute Gasteiger partial charge is 0.334 e. The third-order valence-corrected chi connectivity index (χ3v) is 5.48. The van der Waals surface area contributed by atoms with Gasteiger partial charge in [0.2, 0.25) is 5.91 Å². The SMILES string of the molecule is Cc1ncc2c(n1)CN(CC(=O)N(Cc1ccsc1)C1CC1)CC2. The van der Waals surface area contributed by atoms with Crippen LogP contribution in [0.4, 0.5) is 0 Å². The van der Waals surface area contributed by atoms with E-state index in [1.54, 1.807) is 11.3 Å². The van der Waals surface area contributed by atoms with Gasteiger partial charge in [-0.1, -0.05) is 0 Å². The van der Waals surface area contributed by atoms with Crippen molar-refractivity contribution in [2.75, 3.05) is 13.1 Å². The minimum Gasteiger partial charge on any atom is -0.334 e. The van der Waals surface area contributed by atoms with Gasteiger partial charge < -0.3 is 4.90 Å². The maximum Gasteiger partial charge on any atom is 0.237 e. The molecule has 2 aliphatic rings. The summed E-state index contributed by atoms with van der Waals surface area (Å²) in [5, 5.41) is 4.22. The molecule has 2 aromatic heterocycles. The van der Waals surface area contributed by atoms with Gasteiger partial charge in [-0.3, -0.25) is 9.69 Å². The Morgan fingerprint density at radius 3 is 3.08 bits per heavy atom. The third kappa shape index (κ3) is 3.49. The van der Waals surface area contributed by atoms with Gasteiger partial charge in [0, 0.05) is 31.9 Å². The first-order valence-electron chi connectivity index (χ1n) is 8.53. The Kier molecular flexibility index (Phi) is 4.33. The smallest absolute Gasteiger partial charge is 0.237 e. The molecule has 1 saturated carbocycles. The molecule has 0 unspecified atom stereocenters. The minimum atomic E-state index is 0.248. The molecule has 5 nitrogen and oxygen atoms in total. The van der Waals surface area contributed by atoms with Crippen LogP contribution in [0.15, 0.2) is 23.0 Å². The van der Waals surface area contributed by atoms with Crippen LogP contribution in [-0.2, 0) is 24.3 Å². The molecule has 0 saturated heterocycles. The average molecular weight is 342 g/mol. The molecule has 0 N–H and O–H groups in total. The molecule has 3 heterocycles. The minimum absolute atomic E-state index is 0.248. The van der Waals surface area contributed by atoms with Crippen molar-refractivity contribution < 1.29 is 4.79 Å². The maximum absolute atomic E-state index is 12.9. The number of carbonyl (C=O) groups excluding carboxylic acids is 1. The van der Waals surface area contributed by atoms with Crippen LogP contribution in [0.5, 0.6) is 0 Å². The van der Waals surface area contributed by atoms with Crippen LogP contribution >= 0.6 is 11.3 Å². The second kappa shape index (κ2) is 6.61. The van der Waals surface area contributed by atoms with Gasteiger partial charge in [0.25, 0.3) is 0 Å². The molecule has 1 amide bonds. The monoisotopic (exact) mass is 342 g/mol. The summed E-state index contributed by atoms with van der Waals surface area (Å²) >= 11 is 1.69. The topological polar surface area (TPSA) is 49.3 Å². The second-order valence-corrected chi connectivity index (χ2v) is 7.51. The van der Waals surface area contributed by atoms with Gasteiger partial charge in [-0.2, -0.15) is 11.3 Å². The average Bonchev–Trinajstić information content (AvgIpc) is 3.28. The van der Waals surface area contributed by atoms with Crippen molar-refractivity contribution in [3.63, 3.8) is 0 Å². The molecule has 126 valence electrons. The Bertz CT molecular complexity index is 727. The lowest BCUT2D eigenvalue weighted by Gasteiger charge is -2.30. The molecule has 0 spiro atoms. The van der Waals surface area contributed by atoms with E-state index in [2.05, 4.69) is 36.6 Å². The number of hydrogen-bond acceptors (Lipinski definition) is 5. The lowest BCUT2D eigenvalue weighted by Crippen LogP contribution is -2.43. The molecule has 0 bridgehead atoms. The molecule has 2 aromatic rings. The molecule has 24 heavy (non-hydrogen) atoms. The van der Waals surface area contributed by atoms with Crippen molar-refractivity contribution in [3.8, 4) is 0 Å². The summed E-state index contributed by atoms with van der Waals surface area (Å²) in [6.07, 6.45) is 5.15. The van der Waals surface area contributed by atoms with Crippen molar-refractivity contribution in [2.45, 2.75) is 45.3 Å². The van der Waals surface area contributed by atoms with Gasteiger partial charge in [-0.15, -0.1) is 0 Å². The number of thiophene rings is 1. The highest BCUT2D eigenvalue weighted by molar-refractivity contribution is 7.07. The Morgan fingerprint density at radius 2 is 2.33 bits per heavy atom. The second-order valence-electron chi connectivity index (χ2n) is 6.73. The predicted molar refractivity (Wildman–Crippen MR) is 93.6 cm³/mol. The molecule has 4 rings (SSSR count). The van der Waals surface area contributed by atoms with Crippen LogP contribution in [0, 0.1) is 6.92 Å². The molecule has 1 aliphatic heterocycles. The van der Waals surface area contributed by atoms with E-state index in [-0.39, 0.29) is 5.91 Å². The Morgan fingerprint density at radius 1 is 1.46 bits per heavy atom. The highest BCUT2D eigenvalue weighted by Crippen LogP contribution is 2.29. The Labute approximate surface area is 146 Å². The number of aromatic nitrogens is 2. The summed E-state index contributed by atoms with van der Waals surface area (Å²) in [4.78, 5) is 26.0. The van der Waals surface area contributed by atoms with Gasteiger partial charge in [0.05, 0.1) is 12.2 Å². The highest BCUT2D eigenvalue weighted by Gasteiger charge is 2.33. The zero-order chi connectivity index (χ0) is 16.5. The first-order chi connectivity index (χ1) is 11.7. The van der Waals surface area contributed by atoms with E-state index in [0.29, 0.717) is 12.6 Å². The van der Waals surface area contributed by atoms with Crippen LogP contribution in [0.2, 0.25) is 0 Å². The highest BCUT2D eigenvalue weighted by atomic mass is 32.1. The fourth-order valence-electron chi connectivity index (χ4n) is 3.26. The van der Waals surface area contributed by atoms with E-state index in [9.17, 15) is 4.79 Å². The molecule has 1 aliphatic carbocycles. The van der Waals surface area contributed by atoms with Crippen molar-refractivity contribution in [1.82, 2.24) is 19.8 Å². The van der Waals surface area contributed by atoms with Crippen molar-refractivity contribution >= 4 is 17.2 Å². The summed E-state index contributed by atoms with van der Waals surface area (Å²) in [5.41, 5.74) is 3.55. The number of amides is 1. The number of carbonyl (C=O) groups is 1. The molecule has 1 fully saturated rings. The number of nitrogens with zero attached hydrogens (tertiary/aromatic N) is 4. The molecular weight excluding hydrogens is 320 g/mol. The lowest BCUT2D eigenvalue weighted by atomic mass is 10.1. The van der Waals surface area contributed by atoms with E-state index >= 15 is 0 Å². The number of rotatable bonds is 5. The van der Waals surface area contributed by atoms with Crippen molar-refractivity contribution in [2.24, 2.45) is 0 Å². The normalized spacial score (nSPS) is 17.5. The number of aryl methyl sites for hydroxylation is 1. The summed E-state index contributed by atoms with van der Waals surface area (Å²) in [6, 6.07) is 2.56. The first-order valence-corrected chi connectivity index (χ1v) is 9.47. The first kappa shape index (κ1) is 15.7. The lowest BCUT2D eigenvalue weighted by molar-refractivity contribution is -0.133. The zero-order valence-corrected chi connectivity index (χ0v) is 14.8. The van der Waals surface area contributed by atoms with Gasteiger partial charge >= 0.3 is 0 Å². The van der Waals surface area contributed by atoms with Crippen molar-refractivity contribution in [3.05, 3.63) is 45.7 Å². The fraction of sp³-hybridized carbons (Fsp3) is 0.500. The van der Waals surface area contributed by atoms with Crippen LogP contribution in [-0.4, -0.2) is 44.8 Å². The standard InChI is InChI=1S/C18H22N4OS/c1-13-19-8-15-4-6-21(10-17(15)20-13)11-18(23)22(16-2-3-16)9-14-5-7-24-12-14/h5,7-8,12,16H,2-4,6,9-11H2,1H3. The van der Waals surface area contributed by atoms with Crippen LogP contribution in [0.25, 0.3) is 0 Å². The van der Waals surface area contributed by atoms with Gasteiger partial charge in [0.1, 0.15) is 5.82 Å². The maximum atomic E-state index is 12.9. The van der Waals surface area contributed by atoms with E-state index in [1.807, 2.05) is 13.1 Å². The summed E-state index contributed by atoms with van der Waals surface area (Å²) in [7, 11) is 0. The summed E-state index contributed by atoms with van der Waals surface area (Å²) in [6.45, 7) is 4.81. The summed E-state index contributed by atoms with van der Waals surface area (Å²) < 4.78 is 0. The number of fused-ring (bicyclic) bond motifs is 1. The molecule has 0 aromatic carbocycles. The van der Waals surface area contributed by atoms with Crippen LogP contribution in [0.1, 0.15) is 35.5 Å². The third-order valence-electron chi connectivity index (χ3n) is 4.75. The van der Waals surface area contributed by atoms with E-state index in [1.165, 1.54) is 11.1 Å². The van der Waals surface area contributed by atoms with Gasteiger partial charge in [0.15, 0.2) is 0 Å². The predicted octanol–water partition coefficient (Wildman–Crippen LogP) is 2.40. The molecule has 0 radical (unpaired) electrons. The zero-order valence-electron chi connectivity index (χ0n) is 13.9. The molecule has 6 heteroatoms. The number of hydrogen-bond donors (Lipinski definition) is 0. The van der Waals surface area contributed by atoms with Crippen LogP contribution in [0.3, 0.4) is 0 Å². The summed E-state index contributed by atoms with van der Waals surface area (Å²) in [5.74, 6) is 1.05. The van der Waals surface area contributed by atoms with E-state index in [4.69, 9.17) is 0 Å².